The summed E-state index contributed by atoms with van der Waals surface area (Å²) in [5.74, 6) is 0.905. The van der Waals surface area contributed by atoms with Crippen LogP contribution in [0.4, 0.5) is 5.69 Å². The van der Waals surface area contributed by atoms with Crippen LogP contribution in [0.1, 0.15) is 44.9 Å². The molecule has 0 bridgehead atoms. The first-order valence-electron chi connectivity index (χ1n) is 9.27. The van der Waals surface area contributed by atoms with Crippen molar-refractivity contribution in [2.75, 3.05) is 5.32 Å². The molecule has 2 N–H and O–H groups in total. The molecule has 1 aromatic heterocycles. The third-order valence-corrected chi connectivity index (χ3v) is 5.56. The SMILES string of the molecule is O=C(CC1CC1)NC1CCC(Nc2ccnc3cc(Cl)ccc23)CC1. The quantitative estimate of drug-likeness (QED) is 0.826. The monoisotopic (exact) mass is 357 g/mol. The molecule has 4 nitrogen and oxygen atoms in total. The molecule has 1 heterocycles. The molecule has 0 saturated heterocycles. The Morgan fingerprint density at radius 1 is 1.08 bits per heavy atom. The standard InChI is InChI=1S/C20H24ClN3O/c21-14-3-8-17-18(9-10-22-19(17)12-14)23-15-4-6-16(7-5-15)24-20(25)11-13-1-2-13/h3,8-10,12-13,15-16H,1-2,4-7,11H2,(H,22,23)(H,24,25). The van der Waals surface area contributed by atoms with Crippen molar-refractivity contribution in [2.45, 2.75) is 57.0 Å². The van der Waals surface area contributed by atoms with Gasteiger partial charge in [-0.3, -0.25) is 9.78 Å². The minimum Gasteiger partial charge on any atom is -0.382 e. The Kier molecular flexibility index (Phi) is 4.80. The van der Waals surface area contributed by atoms with Crippen molar-refractivity contribution in [3.63, 3.8) is 0 Å². The van der Waals surface area contributed by atoms with E-state index in [-0.39, 0.29) is 5.91 Å². The van der Waals surface area contributed by atoms with Crippen molar-refractivity contribution in [3.8, 4) is 0 Å². The molecular formula is C20H24ClN3O. The summed E-state index contributed by atoms with van der Waals surface area (Å²) in [6.07, 6.45) is 9.25. The van der Waals surface area contributed by atoms with Gasteiger partial charge in [0.2, 0.25) is 5.91 Å². The highest BCUT2D eigenvalue weighted by Crippen LogP contribution is 2.32. The molecular weight excluding hydrogens is 334 g/mol. The zero-order valence-corrected chi connectivity index (χ0v) is 15.1. The molecule has 2 aliphatic carbocycles. The van der Waals surface area contributed by atoms with E-state index in [4.69, 9.17) is 11.6 Å². The molecule has 0 unspecified atom stereocenters. The first-order valence-corrected chi connectivity index (χ1v) is 9.65. The maximum Gasteiger partial charge on any atom is 0.220 e. The van der Waals surface area contributed by atoms with E-state index in [1.807, 2.05) is 30.5 Å². The molecule has 0 atom stereocenters. The molecule has 2 fully saturated rings. The average molecular weight is 358 g/mol. The summed E-state index contributed by atoms with van der Waals surface area (Å²) in [6, 6.07) is 8.64. The van der Waals surface area contributed by atoms with E-state index in [0.717, 1.165) is 48.7 Å². The summed E-state index contributed by atoms with van der Waals surface area (Å²) in [5, 5.41) is 8.69. The first-order chi connectivity index (χ1) is 12.2. The molecule has 0 spiro atoms. The molecule has 25 heavy (non-hydrogen) atoms. The lowest BCUT2D eigenvalue weighted by Crippen LogP contribution is -2.40. The fourth-order valence-corrected chi connectivity index (χ4v) is 3.89. The lowest BCUT2D eigenvalue weighted by molar-refractivity contribution is -0.122. The zero-order chi connectivity index (χ0) is 17.2. The van der Waals surface area contributed by atoms with Crippen LogP contribution in [-0.2, 0) is 4.79 Å². The normalized spacial score (nSPS) is 23.4. The Morgan fingerprint density at radius 3 is 2.60 bits per heavy atom. The third kappa shape index (κ3) is 4.24. The van der Waals surface area contributed by atoms with Gasteiger partial charge in [-0.15, -0.1) is 0 Å². The van der Waals surface area contributed by atoms with Crippen molar-refractivity contribution in [2.24, 2.45) is 5.92 Å². The molecule has 2 aromatic rings. The number of aromatic nitrogens is 1. The van der Waals surface area contributed by atoms with Gasteiger partial charge < -0.3 is 10.6 Å². The largest absolute Gasteiger partial charge is 0.382 e. The van der Waals surface area contributed by atoms with Crippen LogP contribution in [0.2, 0.25) is 5.02 Å². The van der Waals surface area contributed by atoms with Gasteiger partial charge in [0, 0.05) is 40.8 Å². The van der Waals surface area contributed by atoms with E-state index in [0.29, 0.717) is 23.0 Å². The van der Waals surface area contributed by atoms with Gasteiger partial charge in [0.25, 0.3) is 0 Å². The summed E-state index contributed by atoms with van der Waals surface area (Å²) in [7, 11) is 0. The van der Waals surface area contributed by atoms with Gasteiger partial charge in [-0.25, -0.2) is 0 Å². The molecule has 5 heteroatoms. The number of carbonyl (C=O) groups is 1. The maximum absolute atomic E-state index is 12.0. The van der Waals surface area contributed by atoms with Crippen LogP contribution in [0.3, 0.4) is 0 Å². The third-order valence-electron chi connectivity index (χ3n) is 5.33. The lowest BCUT2D eigenvalue weighted by Gasteiger charge is -2.30. The zero-order valence-electron chi connectivity index (χ0n) is 14.3. The fraction of sp³-hybridized carbons (Fsp3) is 0.500. The van der Waals surface area contributed by atoms with Crippen molar-refractivity contribution >= 4 is 34.1 Å². The van der Waals surface area contributed by atoms with Crippen molar-refractivity contribution in [1.82, 2.24) is 10.3 Å². The second kappa shape index (κ2) is 7.20. The second-order valence-corrected chi connectivity index (χ2v) is 7.86. The van der Waals surface area contributed by atoms with Crippen LogP contribution in [0.15, 0.2) is 30.5 Å². The number of hydrogen-bond donors (Lipinski definition) is 2. The first kappa shape index (κ1) is 16.6. The average Bonchev–Trinajstić information content (AvgIpc) is 3.40. The summed E-state index contributed by atoms with van der Waals surface area (Å²) in [4.78, 5) is 16.4. The molecule has 2 saturated carbocycles. The van der Waals surface area contributed by atoms with E-state index >= 15 is 0 Å². The molecule has 1 aromatic carbocycles. The van der Waals surface area contributed by atoms with E-state index in [1.165, 1.54) is 12.8 Å². The molecule has 0 aliphatic heterocycles. The van der Waals surface area contributed by atoms with Crippen molar-refractivity contribution in [3.05, 3.63) is 35.5 Å². The highest BCUT2D eigenvalue weighted by molar-refractivity contribution is 6.31. The smallest absolute Gasteiger partial charge is 0.220 e. The second-order valence-electron chi connectivity index (χ2n) is 7.43. The Bertz CT molecular complexity index is 767. The van der Waals surface area contributed by atoms with E-state index in [9.17, 15) is 4.79 Å². The van der Waals surface area contributed by atoms with Gasteiger partial charge >= 0.3 is 0 Å². The summed E-state index contributed by atoms with van der Waals surface area (Å²) >= 11 is 6.06. The number of halogens is 1. The number of nitrogens with one attached hydrogen (secondary N) is 2. The Hall–Kier alpha value is -1.81. The maximum atomic E-state index is 12.0. The van der Waals surface area contributed by atoms with Gasteiger partial charge in [-0.2, -0.15) is 0 Å². The lowest BCUT2D eigenvalue weighted by atomic mass is 9.90. The van der Waals surface area contributed by atoms with E-state index < -0.39 is 0 Å². The number of carbonyl (C=O) groups excluding carboxylic acids is 1. The summed E-state index contributed by atoms with van der Waals surface area (Å²) in [5.41, 5.74) is 2.03. The number of rotatable bonds is 5. The fourth-order valence-electron chi connectivity index (χ4n) is 3.72. The Labute approximate surface area is 153 Å². The Morgan fingerprint density at radius 2 is 1.84 bits per heavy atom. The summed E-state index contributed by atoms with van der Waals surface area (Å²) < 4.78 is 0. The predicted molar refractivity (Wildman–Crippen MR) is 102 cm³/mol. The van der Waals surface area contributed by atoms with Gasteiger partial charge in [0.05, 0.1) is 5.52 Å². The molecule has 1 amide bonds. The van der Waals surface area contributed by atoms with Crippen LogP contribution in [0.5, 0.6) is 0 Å². The molecule has 4 rings (SSSR count). The predicted octanol–water partition coefficient (Wildman–Crippen LogP) is 4.53. The van der Waals surface area contributed by atoms with Crippen LogP contribution in [0, 0.1) is 5.92 Å². The van der Waals surface area contributed by atoms with Crippen molar-refractivity contribution in [1.29, 1.82) is 0 Å². The number of pyridine rings is 1. The Balaban J connectivity index is 1.33. The number of anilines is 1. The molecule has 0 radical (unpaired) electrons. The number of nitrogens with zero attached hydrogens (tertiary/aromatic N) is 1. The highest BCUT2D eigenvalue weighted by atomic mass is 35.5. The highest BCUT2D eigenvalue weighted by Gasteiger charge is 2.27. The van der Waals surface area contributed by atoms with Crippen LogP contribution in [0.25, 0.3) is 10.9 Å². The number of benzene rings is 1. The minimum absolute atomic E-state index is 0.246. The minimum atomic E-state index is 0.246. The van der Waals surface area contributed by atoms with Gasteiger partial charge in [-0.1, -0.05) is 11.6 Å². The number of amides is 1. The topological polar surface area (TPSA) is 54.0 Å². The van der Waals surface area contributed by atoms with Gasteiger partial charge in [0.15, 0.2) is 0 Å². The molecule has 2 aliphatic rings. The van der Waals surface area contributed by atoms with Crippen LogP contribution >= 0.6 is 11.6 Å². The van der Waals surface area contributed by atoms with E-state index in [1.54, 1.807) is 0 Å². The summed E-state index contributed by atoms with van der Waals surface area (Å²) in [6.45, 7) is 0. The number of hydrogen-bond acceptors (Lipinski definition) is 3. The van der Waals surface area contributed by atoms with Crippen LogP contribution in [-0.4, -0.2) is 23.0 Å². The molecule has 132 valence electrons. The van der Waals surface area contributed by atoms with Crippen LogP contribution < -0.4 is 10.6 Å². The van der Waals surface area contributed by atoms with E-state index in [2.05, 4.69) is 15.6 Å². The van der Waals surface area contributed by atoms with Gasteiger partial charge in [0.1, 0.15) is 0 Å². The number of fused-ring (bicyclic) bond motifs is 1. The van der Waals surface area contributed by atoms with Gasteiger partial charge in [-0.05, 0) is 68.7 Å². The van der Waals surface area contributed by atoms with Crippen molar-refractivity contribution < 1.29 is 4.79 Å².